The van der Waals surface area contributed by atoms with Crippen LogP contribution in [0.1, 0.15) is 78.5 Å². The summed E-state index contributed by atoms with van der Waals surface area (Å²) in [4.78, 5) is 40.2. The molecular formula is C31H46Br2N4O3. The van der Waals surface area contributed by atoms with Crippen LogP contribution in [0.15, 0.2) is 24.3 Å². The molecule has 0 bridgehead atoms. The third-order valence-corrected chi connectivity index (χ3v) is 8.66. The summed E-state index contributed by atoms with van der Waals surface area (Å²) in [6.07, 6.45) is 10.0. The third kappa shape index (κ3) is 9.14. The number of quaternary nitrogens is 2. The SMILES string of the molecule is C[N+](C)(CCCCCC[N+]1(CC#CCN2CCCC2=O)CCCC1)CCCN1C(=O)c2ccccc2C1=O.[Br-].[Br-]. The van der Waals surface area contributed by atoms with Gasteiger partial charge in [0.05, 0.1) is 64.5 Å². The van der Waals surface area contributed by atoms with E-state index in [9.17, 15) is 14.4 Å². The van der Waals surface area contributed by atoms with Gasteiger partial charge in [-0.15, -0.1) is 0 Å². The number of rotatable bonds is 13. The molecule has 222 valence electrons. The predicted molar refractivity (Wildman–Crippen MR) is 149 cm³/mol. The van der Waals surface area contributed by atoms with E-state index in [0.717, 1.165) is 48.0 Å². The quantitative estimate of drug-likeness (QED) is 0.101. The zero-order valence-corrected chi connectivity index (χ0v) is 27.5. The van der Waals surface area contributed by atoms with Crippen LogP contribution in [0.5, 0.6) is 0 Å². The van der Waals surface area contributed by atoms with Gasteiger partial charge in [0, 0.05) is 38.8 Å². The summed E-state index contributed by atoms with van der Waals surface area (Å²) in [6.45, 7) is 8.67. The summed E-state index contributed by atoms with van der Waals surface area (Å²) in [5.74, 6) is 6.65. The van der Waals surface area contributed by atoms with Crippen molar-refractivity contribution in [3.63, 3.8) is 0 Å². The van der Waals surface area contributed by atoms with E-state index < -0.39 is 0 Å². The second-order valence-corrected chi connectivity index (χ2v) is 12.1. The lowest BCUT2D eigenvalue weighted by molar-refractivity contribution is -0.910. The van der Waals surface area contributed by atoms with Crippen LogP contribution in [0.3, 0.4) is 0 Å². The number of carbonyl (C=O) groups excluding carboxylic acids is 3. The summed E-state index contributed by atoms with van der Waals surface area (Å²) in [5, 5.41) is 0. The first kappa shape index (κ1) is 34.5. The second kappa shape index (κ2) is 16.1. The molecule has 0 spiro atoms. The molecule has 2 fully saturated rings. The molecule has 4 rings (SSSR count). The molecule has 0 radical (unpaired) electrons. The highest BCUT2D eigenvalue weighted by atomic mass is 79.9. The van der Waals surface area contributed by atoms with Gasteiger partial charge in [-0.05, 0) is 50.2 Å². The lowest BCUT2D eigenvalue weighted by Crippen LogP contribution is -3.00. The molecule has 40 heavy (non-hydrogen) atoms. The lowest BCUT2D eigenvalue weighted by Gasteiger charge is -2.32. The maximum Gasteiger partial charge on any atom is 0.261 e. The van der Waals surface area contributed by atoms with Crippen molar-refractivity contribution in [1.29, 1.82) is 0 Å². The molecule has 9 heteroatoms. The van der Waals surface area contributed by atoms with E-state index in [1.54, 1.807) is 12.1 Å². The lowest BCUT2D eigenvalue weighted by atomic mass is 10.1. The Morgan fingerprint density at radius 3 is 2.08 bits per heavy atom. The summed E-state index contributed by atoms with van der Waals surface area (Å²) < 4.78 is 2.05. The van der Waals surface area contributed by atoms with Gasteiger partial charge in [0.1, 0.15) is 6.54 Å². The highest BCUT2D eigenvalue weighted by Gasteiger charge is 2.35. The van der Waals surface area contributed by atoms with Crippen molar-refractivity contribution >= 4 is 17.7 Å². The van der Waals surface area contributed by atoms with Crippen LogP contribution in [0, 0.1) is 11.8 Å². The van der Waals surface area contributed by atoms with E-state index in [-0.39, 0.29) is 51.7 Å². The van der Waals surface area contributed by atoms with Gasteiger partial charge in [0.15, 0.2) is 0 Å². The minimum atomic E-state index is -0.151. The van der Waals surface area contributed by atoms with Crippen LogP contribution in [-0.4, -0.2) is 109 Å². The van der Waals surface area contributed by atoms with Crippen LogP contribution in [0.2, 0.25) is 0 Å². The molecule has 7 nitrogen and oxygen atoms in total. The van der Waals surface area contributed by atoms with Gasteiger partial charge in [0.25, 0.3) is 11.8 Å². The molecule has 1 aromatic rings. The van der Waals surface area contributed by atoms with Crippen molar-refractivity contribution in [2.75, 3.05) is 73.0 Å². The topological polar surface area (TPSA) is 57.7 Å². The van der Waals surface area contributed by atoms with Crippen LogP contribution in [0.25, 0.3) is 0 Å². The standard InChI is InChI=1S/C31H46N4O3.2BrH/c1-34(2,22-14-20-33-30(37)27-15-5-6-16-28(27)31(33)38)21-8-3-4-9-23-35(25-11-12-26-35)24-10-7-18-32-19-13-17-29(32)36;;/h5-6,15-16H,3-4,8-9,11-14,17-26H2,1-2H3;2*1H/q+2;;/p-2. The Kier molecular flexibility index (Phi) is 13.8. The highest BCUT2D eigenvalue weighted by molar-refractivity contribution is 6.21. The summed E-state index contributed by atoms with van der Waals surface area (Å²) in [7, 11) is 4.50. The molecule has 0 unspecified atom stereocenters. The number of imide groups is 1. The van der Waals surface area contributed by atoms with Crippen LogP contribution >= 0.6 is 0 Å². The molecule has 3 heterocycles. The smallest absolute Gasteiger partial charge is 0.261 e. The predicted octanol–water partition coefficient (Wildman–Crippen LogP) is -2.45. The number of hydrogen-bond acceptors (Lipinski definition) is 3. The van der Waals surface area contributed by atoms with Gasteiger partial charge in [-0.1, -0.05) is 18.1 Å². The summed E-state index contributed by atoms with van der Waals surface area (Å²) in [5.41, 5.74) is 1.07. The van der Waals surface area contributed by atoms with Crippen molar-refractivity contribution in [3.8, 4) is 11.8 Å². The monoisotopic (exact) mass is 680 g/mol. The number of fused-ring (bicyclic) bond motifs is 1. The van der Waals surface area contributed by atoms with Crippen molar-refractivity contribution < 1.29 is 57.3 Å². The zero-order valence-electron chi connectivity index (χ0n) is 24.3. The Balaban J connectivity index is 0.00000280. The molecule has 3 amide bonds. The van der Waals surface area contributed by atoms with E-state index in [2.05, 4.69) is 25.9 Å². The number of amides is 3. The minimum absolute atomic E-state index is 0. The summed E-state index contributed by atoms with van der Waals surface area (Å²) >= 11 is 0. The molecule has 3 aliphatic rings. The molecule has 3 aliphatic heterocycles. The molecule has 0 atom stereocenters. The Morgan fingerprint density at radius 1 is 0.825 bits per heavy atom. The fraction of sp³-hybridized carbons (Fsp3) is 0.645. The Hall–Kier alpha value is -1.73. The van der Waals surface area contributed by atoms with Gasteiger partial charge in [-0.2, -0.15) is 0 Å². The molecule has 0 aromatic heterocycles. The maximum absolute atomic E-state index is 12.6. The molecule has 2 saturated heterocycles. The number of likely N-dealkylation sites (tertiary alicyclic amines) is 2. The average molecular weight is 683 g/mol. The fourth-order valence-electron chi connectivity index (χ4n) is 6.26. The van der Waals surface area contributed by atoms with Crippen LogP contribution in [-0.2, 0) is 4.79 Å². The van der Waals surface area contributed by atoms with E-state index in [1.807, 2.05) is 17.0 Å². The van der Waals surface area contributed by atoms with E-state index >= 15 is 0 Å². The second-order valence-electron chi connectivity index (χ2n) is 12.1. The molecule has 0 aliphatic carbocycles. The van der Waals surface area contributed by atoms with Crippen molar-refractivity contribution in [2.24, 2.45) is 0 Å². The number of halogens is 2. The minimum Gasteiger partial charge on any atom is -1.00 e. The van der Waals surface area contributed by atoms with Gasteiger partial charge >= 0.3 is 0 Å². The first-order valence-electron chi connectivity index (χ1n) is 14.7. The van der Waals surface area contributed by atoms with E-state index in [1.165, 1.54) is 63.1 Å². The van der Waals surface area contributed by atoms with Gasteiger partial charge in [-0.3, -0.25) is 19.3 Å². The average Bonchev–Trinajstić information content (AvgIpc) is 3.60. The first-order chi connectivity index (χ1) is 18.3. The third-order valence-electron chi connectivity index (χ3n) is 8.66. The number of unbranched alkanes of at least 4 members (excludes halogenated alkanes) is 3. The molecule has 0 saturated carbocycles. The van der Waals surface area contributed by atoms with Crippen LogP contribution in [0.4, 0.5) is 0 Å². The Labute approximate surface area is 262 Å². The van der Waals surface area contributed by atoms with Crippen LogP contribution < -0.4 is 34.0 Å². The van der Waals surface area contributed by atoms with Gasteiger partial charge < -0.3 is 47.8 Å². The highest BCUT2D eigenvalue weighted by Crippen LogP contribution is 2.23. The Morgan fingerprint density at radius 2 is 1.45 bits per heavy atom. The number of hydrogen-bond donors (Lipinski definition) is 0. The Bertz CT molecular complexity index is 1040. The zero-order chi connectivity index (χ0) is 27.0. The van der Waals surface area contributed by atoms with Crippen molar-refractivity contribution in [2.45, 2.75) is 57.8 Å². The molecule has 0 N–H and O–H groups in total. The van der Waals surface area contributed by atoms with Gasteiger partial charge in [-0.25, -0.2) is 0 Å². The van der Waals surface area contributed by atoms with Crippen molar-refractivity contribution in [1.82, 2.24) is 9.80 Å². The largest absolute Gasteiger partial charge is 1.00 e. The molecule has 1 aromatic carbocycles. The number of benzene rings is 1. The fourth-order valence-corrected chi connectivity index (χ4v) is 6.26. The molecular weight excluding hydrogens is 636 g/mol. The van der Waals surface area contributed by atoms with Gasteiger partial charge in [0.2, 0.25) is 5.91 Å². The summed E-state index contributed by atoms with van der Waals surface area (Å²) in [6, 6.07) is 7.12. The first-order valence-corrected chi connectivity index (χ1v) is 14.7. The van der Waals surface area contributed by atoms with E-state index in [4.69, 9.17) is 0 Å². The van der Waals surface area contributed by atoms with Crippen molar-refractivity contribution in [3.05, 3.63) is 35.4 Å². The maximum atomic E-state index is 12.6. The number of nitrogens with zero attached hydrogens (tertiary/aromatic N) is 4. The normalized spacial score (nSPS) is 17.8. The number of carbonyl (C=O) groups is 3. The van der Waals surface area contributed by atoms with E-state index in [0.29, 0.717) is 30.6 Å².